The number of carbonyl (C=O) groups is 1. The Kier molecular flexibility index (Phi) is 3.16. The molecule has 1 saturated heterocycles. The Bertz CT molecular complexity index is 684. The van der Waals surface area contributed by atoms with Gasteiger partial charge in [-0.1, -0.05) is 11.6 Å². The minimum atomic E-state index is -0.616. The summed E-state index contributed by atoms with van der Waals surface area (Å²) in [6.07, 6.45) is -0.616. The molecule has 20 heavy (non-hydrogen) atoms. The summed E-state index contributed by atoms with van der Waals surface area (Å²) in [7, 11) is 0. The number of nitrogens with zero attached hydrogens (tertiary/aromatic N) is 2. The molecule has 0 aliphatic carbocycles. The quantitative estimate of drug-likeness (QED) is 0.856. The van der Waals surface area contributed by atoms with E-state index >= 15 is 0 Å². The van der Waals surface area contributed by atoms with Crippen LogP contribution in [0.3, 0.4) is 0 Å². The van der Waals surface area contributed by atoms with Crippen molar-refractivity contribution < 1.29 is 14.7 Å². The van der Waals surface area contributed by atoms with Crippen molar-refractivity contribution in [2.75, 3.05) is 13.2 Å². The molecule has 2 heterocycles. The fourth-order valence-electron chi connectivity index (χ4n) is 2.40. The Labute approximate surface area is 116 Å². The molecule has 1 N–H and O–H groups in total. The third-order valence-electron chi connectivity index (χ3n) is 3.35. The first kappa shape index (κ1) is 13.0. The van der Waals surface area contributed by atoms with Gasteiger partial charge in [0.25, 0.3) is 5.91 Å². The van der Waals surface area contributed by atoms with Crippen LogP contribution in [0.15, 0.2) is 24.3 Å². The summed E-state index contributed by atoms with van der Waals surface area (Å²) in [5, 5.41) is 11.5. The molecule has 104 valence electrons. The number of rotatable bonds is 1. The van der Waals surface area contributed by atoms with Gasteiger partial charge in [-0.3, -0.25) is 14.6 Å². The molecule has 1 aliphatic heterocycles. The van der Waals surface area contributed by atoms with Gasteiger partial charge in [0.15, 0.2) is 0 Å². The number of aryl methyl sites for hydroxylation is 2. The fourth-order valence-corrected chi connectivity index (χ4v) is 2.40. The van der Waals surface area contributed by atoms with E-state index in [1.165, 1.54) is 5.06 Å². The molecule has 1 aliphatic rings. The maximum Gasteiger partial charge on any atom is 0.278 e. The van der Waals surface area contributed by atoms with Crippen LogP contribution in [0.4, 0.5) is 0 Å². The lowest BCUT2D eigenvalue weighted by atomic mass is 10.0. The highest BCUT2D eigenvalue weighted by atomic mass is 16.7. The summed E-state index contributed by atoms with van der Waals surface area (Å²) in [6.45, 7) is 4.19. The molecule has 0 saturated carbocycles. The third-order valence-corrected chi connectivity index (χ3v) is 3.35. The number of hydroxylamine groups is 2. The van der Waals surface area contributed by atoms with E-state index in [1.807, 2.05) is 32.0 Å². The number of β-amino-alcohol motifs (C(OH)–C–C–N with tert-alkyl or cyclic N) is 1. The number of hydrogen-bond donors (Lipinski definition) is 1. The van der Waals surface area contributed by atoms with Crippen molar-refractivity contribution in [2.45, 2.75) is 20.0 Å². The zero-order valence-electron chi connectivity index (χ0n) is 11.5. The molecule has 5 nitrogen and oxygen atoms in total. The second kappa shape index (κ2) is 4.85. The van der Waals surface area contributed by atoms with Crippen molar-refractivity contribution in [3.8, 4) is 0 Å². The summed E-state index contributed by atoms with van der Waals surface area (Å²) in [4.78, 5) is 22.2. The van der Waals surface area contributed by atoms with Crippen LogP contribution in [0.5, 0.6) is 0 Å². The fraction of sp³-hybridized carbons (Fsp3) is 0.333. The average Bonchev–Trinajstić information content (AvgIpc) is 2.84. The predicted octanol–water partition coefficient (Wildman–Crippen LogP) is 1.60. The maximum absolute atomic E-state index is 12.5. The van der Waals surface area contributed by atoms with Crippen LogP contribution in [0.1, 0.15) is 21.6 Å². The topological polar surface area (TPSA) is 62.7 Å². The average molecular weight is 272 g/mol. The lowest BCUT2D eigenvalue weighted by molar-refractivity contribution is -0.0778. The second-order valence-corrected chi connectivity index (χ2v) is 5.15. The van der Waals surface area contributed by atoms with Crippen LogP contribution >= 0.6 is 0 Å². The van der Waals surface area contributed by atoms with Gasteiger partial charge in [0.1, 0.15) is 12.7 Å². The van der Waals surface area contributed by atoms with Gasteiger partial charge in [0.2, 0.25) is 0 Å². The van der Waals surface area contributed by atoms with Crippen LogP contribution in [0.2, 0.25) is 0 Å². The van der Waals surface area contributed by atoms with Gasteiger partial charge in [-0.25, -0.2) is 5.06 Å². The Balaban J connectivity index is 2.10. The van der Waals surface area contributed by atoms with Crippen molar-refractivity contribution in [1.82, 2.24) is 10.0 Å². The predicted molar refractivity (Wildman–Crippen MR) is 74.2 cm³/mol. The van der Waals surface area contributed by atoms with Crippen LogP contribution in [-0.4, -0.2) is 40.3 Å². The lowest BCUT2D eigenvalue weighted by Crippen LogP contribution is -2.28. The number of fused-ring (bicyclic) bond motifs is 1. The first-order chi connectivity index (χ1) is 9.54. The van der Waals surface area contributed by atoms with Gasteiger partial charge >= 0.3 is 0 Å². The molecule has 0 bridgehead atoms. The molecule has 5 heteroatoms. The summed E-state index contributed by atoms with van der Waals surface area (Å²) in [5.74, 6) is -0.234. The van der Waals surface area contributed by atoms with E-state index in [1.54, 1.807) is 6.07 Å². The van der Waals surface area contributed by atoms with Crippen LogP contribution in [-0.2, 0) is 4.84 Å². The van der Waals surface area contributed by atoms with Crippen LogP contribution < -0.4 is 0 Å². The van der Waals surface area contributed by atoms with E-state index in [2.05, 4.69) is 4.98 Å². The zero-order valence-corrected chi connectivity index (χ0v) is 11.5. The molecule has 0 radical (unpaired) electrons. The van der Waals surface area contributed by atoms with Gasteiger partial charge in [0, 0.05) is 11.1 Å². The molecular weight excluding hydrogens is 256 g/mol. The van der Waals surface area contributed by atoms with Gasteiger partial charge in [-0.15, -0.1) is 0 Å². The standard InChI is InChI=1S/C15H16N2O3/c1-9-3-4-14-12(5-9)13(6-10(2)16-14)15(19)17-7-11(18)8-20-17/h3-6,11,18H,7-8H2,1-2H3/t11-/m0/s1. The summed E-state index contributed by atoms with van der Waals surface area (Å²) < 4.78 is 0. The number of benzene rings is 1. The number of amides is 1. The molecule has 1 aromatic heterocycles. The number of pyridine rings is 1. The maximum atomic E-state index is 12.5. The number of carbonyl (C=O) groups excluding carboxylic acids is 1. The van der Waals surface area contributed by atoms with Crippen molar-refractivity contribution in [3.05, 3.63) is 41.1 Å². The number of aromatic nitrogens is 1. The van der Waals surface area contributed by atoms with Gasteiger partial charge < -0.3 is 5.11 Å². The molecule has 0 unspecified atom stereocenters. The second-order valence-electron chi connectivity index (χ2n) is 5.15. The van der Waals surface area contributed by atoms with Crippen molar-refractivity contribution in [3.63, 3.8) is 0 Å². The van der Waals surface area contributed by atoms with E-state index in [9.17, 15) is 9.90 Å². The highest BCUT2D eigenvalue weighted by Gasteiger charge is 2.28. The molecule has 0 spiro atoms. The largest absolute Gasteiger partial charge is 0.389 e. The zero-order chi connectivity index (χ0) is 14.3. The van der Waals surface area contributed by atoms with Gasteiger partial charge in [-0.2, -0.15) is 0 Å². The molecule has 3 rings (SSSR count). The Morgan fingerprint density at radius 2 is 2.20 bits per heavy atom. The number of hydrogen-bond acceptors (Lipinski definition) is 4. The SMILES string of the molecule is Cc1ccc2nc(C)cc(C(=O)N3C[C@H](O)CO3)c2c1. The molecule has 1 aromatic carbocycles. The Morgan fingerprint density at radius 1 is 1.40 bits per heavy atom. The van der Waals surface area contributed by atoms with Gasteiger partial charge in [0.05, 0.1) is 17.6 Å². The lowest BCUT2D eigenvalue weighted by Gasteiger charge is -2.15. The third kappa shape index (κ3) is 2.26. The highest BCUT2D eigenvalue weighted by Crippen LogP contribution is 2.22. The van der Waals surface area contributed by atoms with Crippen LogP contribution in [0, 0.1) is 13.8 Å². The minimum Gasteiger partial charge on any atom is -0.389 e. The van der Waals surface area contributed by atoms with Crippen molar-refractivity contribution >= 4 is 16.8 Å². The van der Waals surface area contributed by atoms with Gasteiger partial charge in [-0.05, 0) is 32.0 Å². The summed E-state index contributed by atoms with van der Waals surface area (Å²) >= 11 is 0. The molecular formula is C15H16N2O3. The smallest absolute Gasteiger partial charge is 0.278 e. The van der Waals surface area contributed by atoms with E-state index < -0.39 is 6.10 Å². The summed E-state index contributed by atoms with van der Waals surface area (Å²) in [6, 6.07) is 7.59. The number of aliphatic hydroxyl groups is 1. The minimum absolute atomic E-state index is 0.159. The molecule has 1 fully saturated rings. The van der Waals surface area contributed by atoms with E-state index in [0.717, 1.165) is 22.2 Å². The number of aliphatic hydroxyl groups excluding tert-OH is 1. The van der Waals surface area contributed by atoms with Crippen molar-refractivity contribution in [2.24, 2.45) is 0 Å². The molecule has 1 atom stereocenters. The summed E-state index contributed by atoms with van der Waals surface area (Å²) in [5.41, 5.74) is 3.20. The van der Waals surface area contributed by atoms with Crippen molar-refractivity contribution in [1.29, 1.82) is 0 Å². The van der Waals surface area contributed by atoms with E-state index in [4.69, 9.17) is 4.84 Å². The van der Waals surface area contributed by atoms with E-state index in [-0.39, 0.29) is 19.1 Å². The Hall–Kier alpha value is -1.98. The highest BCUT2D eigenvalue weighted by molar-refractivity contribution is 6.06. The molecule has 2 aromatic rings. The first-order valence-electron chi connectivity index (χ1n) is 6.55. The normalized spacial score (nSPS) is 18.8. The van der Waals surface area contributed by atoms with Crippen LogP contribution in [0.25, 0.3) is 10.9 Å². The first-order valence-corrected chi connectivity index (χ1v) is 6.55. The Morgan fingerprint density at radius 3 is 2.90 bits per heavy atom. The molecule has 1 amide bonds. The van der Waals surface area contributed by atoms with E-state index in [0.29, 0.717) is 5.56 Å². The monoisotopic (exact) mass is 272 g/mol.